The van der Waals surface area contributed by atoms with E-state index in [-0.39, 0.29) is 5.91 Å². The zero-order valence-corrected chi connectivity index (χ0v) is 11.2. The van der Waals surface area contributed by atoms with Crippen molar-refractivity contribution in [2.75, 3.05) is 6.54 Å². The summed E-state index contributed by atoms with van der Waals surface area (Å²) in [6.07, 6.45) is 4.86. The van der Waals surface area contributed by atoms with Crippen LogP contribution >= 0.6 is 0 Å². The standard InChI is InChI=1S/C15H24N2O/c1-13-7-6-8-14(11-13)12-17-15(18)9-4-2-3-5-10-16/h6-8,11H,2-5,9-10,12,16H2,1H3,(H,17,18). The van der Waals surface area contributed by atoms with Gasteiger partial charge in [-0.2, -0.15) is 0 Å². The summed E-state index contributed by atoms with van der Waals surface area (Å²) in [4.78, 5) is 11.6. The Morgan fingerprint density at radius 1 is 1.22 bits per heavy atom. The minimum absolute atomic E-state index is 0.143. The first-order valence-corrected chi connectivity index (χ1v) is 6.74. The van der Waals surface area contributed by atoms with Crippen molar-refractivity contribution < 1.29 is 4.79 Å². The molecule has 18 heavy (non-hydrogen) atoms. The maximum atomic E-state index is 11.6. The van der Waals surface area contributed by atoms with Crippen LogP contribution in [0.4, 0.5) is 0 Å². The molecule has 0 bridgehead atoms. The summed E-state index contributed by atoms with van der Waals surface area (Å²) in [6.45, 7) is 3.44. The van der Waals surface area contributed by atoms with Crippen LogP contribution in [0, 0.1) is 6.92 Å². The first-order chi connectivity index (χ1) is 8.72. The van der Waals surface area contributed by atoms with Gasteiger partial charge < -0.3 is 11.1 Å². The molecule has 100 valence electrons. The number of rotatable bonds is 8. The summed E-state index contributed by atoms with van der Waals surface area (Å²) in [5.74, 6) is 0.143. The number of carbonyl (C=O) groups excluding carboxylic acids is 1. The summed E-state index contributed by atoms with van der Waals surface area (Å²) in [6, 6.07) is 8.21. The van der Waals surface area contributed by atoms with E-state index in [0.717, 1.165) is 37.8 Å². The number of benzene rings is 1. The van der Waals surface area contributed by atoms with Gasteiger partial charge in [-0.25, -0.2) is 0 Å². The first kappa shape index (κ1) is 14.7. The van der Waals surface area contributed by atoms with E-state index in [1.54, 1.807) is 0 Å². The van der Waals surface area contributed by atoms with Crippen molar-refractivity contribution in [3.63, 3.8) is 0 Å². The van der Waals surface area contributed by atoms with Crippen LogP contribution in [0.25, 0.3) is 0 Å². The lowest BCUT2D eigenvalue weighted by Crippen LogP contribution is -2.22. The highest BCUT2D eigenvalue weighted by atomic mass is 16.1. The minimum Gasteiger partial charge on any atom is -0.352 e. The molecule has 0 fully saturated rings. The minimum atomic E-state index is 0.143. The van der Waals surface area contributed by atoms with Crippen LogP contribution in [-0.2, 0) is 11.3 Å². The Bertz CT molecular complexity index is 363. The third-order valence-corrected chi connectivity index (χ3v) is 2.93. The number of carbonyl (C=O) groups is 1. The van der Waals surface area contributed by atoms with Crippen molar-refractivity contribution in [3.05, 3.63) is 35.4 Å². The lowest BCUT2D eigenvalue weighted by atomic mass is 10.1. The van der Waals surface area contributed by atoms with Crippen molar-refractivity contribution in [2.24, 2.45) is 5.73 Å². The van der Waals surface area contributed by atoms with Gasteiger partial charge in [0.05, 0.1) is 0 Å². The monoisotopic (exact) mass is 248 g/mol. The largest absolute Gasteiger partial charge is 0.352 e. The second-order valence-corrected chi connectivity index (χ2v) is 4.72. The van der Waals surface area contributed by atoms with E-state index in [1.807, 2.05) is 12.1 Å². The van der Waals surface area contributed by atoms with E-state index < -0.39 is 0 Å². The summed E-state index contributed by atoms with van der Waals surface area (Å²) < 4.78 is 0. The summed E-state index contributed by atoms with van der Waals surface area (Å²) in [5, 5.41) is 2.95. The smallest absolute Gasteiger partial charge is 0.220 e. The molecule has 0 saturated heterocycles. The molecule has 0 aromatic heterocycles. The number of hydrogen-bond acceptors (Lipinski definition) is 2. The molecule has 3 nitrogen and oxygen atoms in total. The fourth-order valence-electron chi connectivity index (χ4n) is 1.89. The van der Waals surface area contributed by atoms with Crippen LogP contribution in [0.3, 0.4) is 0 Å². The molecule has 1 aromatic carbocycles. The summed E-state index contributed by atoms with van der Waals surface area (Å²) in [5.41, 5.74) is 7.80. The number of amides is 1. The highest BCUT2D eigenvalue weighted by molar-refractivity contribution is 5.75. The Balaban J connectivity index is 2.13. The van der Waals surface area contributed by atoms with Crippen molar-refractivity contribution in [2.45, 2.75) is 45.6 Å². The van der Waals surface area contributed by atoms with Gasteiger partial charge in [0.1, 0.15) is 0 Å². The van der Waals surface area contributed by atoms with Gasteiger partial charge in [0, 0.05) is 13.0 Å². The van der Waals surface area contributed by atoms with Gasteiger partial charge in [0.15, 0.2) is 0 Å². The number of aryl methyl sites for hydroxylation is 1. The Hall–Kier alpha value is -1.35. The molecule has 3 heteroatoms. The maximum Gasteiger partial charge on any atom is 0.220 e. The van der Waals surface area contributed by atoms with Gasteiger partial charge in [-0.05, 0) is 31.9 Å². The quantitative estimate of drug-likeness (QED) is 0.695. The molecule has 1 rings (SSSR count). The number of nitrogens with one attached hydrogen (secondary N) is 1. The lowest BCUT2D eigenvalue weighted by Gasteiger charge is -2.06. The highest BCUT2D eigenvalue weighted by Gasteiger charge is 2.01. The zero-order valence-electron chi connectivity index (χ0n) is 11.2. The third kappa shape index (κ3) is 6.40. The second-order valence-electron chi connectivity index (χ2n) is 4.72. The van der Waals surface area contributed by atoms with Crippen LogP contribution in [-0.4, -0.2) is 12.5 Å². The molecule has 0 spiro atoms. The molecular weight excluding hydrogens is 224 g/mol. The molecule has 0 aliphatic rings. The SMILES string of the molecule is Cc1cccc(CNC(=O)CCCCCCN)c1. The maximum absolute atomic E-state index is 11.6. The Kier molecular flexibility index (Phi) is 7.11. The third-order valence-electron chi connectivity index (χ3n) is 2.93. The van der Waals surface area contributed by atoms with Crippen molar-refractivity contribution in [3.8, 4) is 0 Å². The predicted molar refractivity (Wildman–Crippen MR) is 75.2 cm³/mol. The molecule has 3 N–H and O–H groups in total. The van der Waals surface area contributed by atoms with Crippen LogP contribution < -0.4 is 11.1 Å². The summed E-state index contributed by atoms with van der Waals surface area (Å²) in [7, 11) is 0. The lowest BCUT2D eigenvalue weighted by molar-refractivity contribution is -0.121. The average molecular weight is 248 g/mol. The van der Waals surface area contributed by atoms with E-state index in [1.165, 1.54) is 5.56 Å². The second kappa shape index (κ2) is 8.70. The topological polar surface area (TPSA) is 55.1 Å². The number of hydrogen-bond donors (Lipinski definition) is 2. The Morgan fingerprint density at radius 2 is 2.00 bits per heavy atom. The predicted octanol–water partition coefficient (Wildman–Crippen LogP) is 2.52. The normalized spacial score (nSPS) is 10.3. The van der Waals surface area contributed by atoms with E-state index in [2.05, 4.69) is 24.4 Å². The Morgan fingerprint density at radius 3 is 2.72 bits per heavy atom. The molecule has 0 aliphatic carbocycles. The van der Waals surface area contributed by atoms with Gasteiger partial charge >= 0.3 is 0 Å². The van der Waals surface area contributed by atoms with E-state index >= 15 is 0 Å². The molecule has 0 atom stereocenters. The number of unbranched alkanes of at least 4 members (excludes halogenated alkanes) is 3. The van der Waals surface area contributed by atoms with Gasteiger partial charge in [-0.3, -0.25) is 4.79 Å². The van der Waals surface area contributed by atoms with E-state index in [9.17, 15) is 4.79 Å². The molecule has 0 aliphatic heterocycles. The average Bonchev–Trinajstić information content (AvgIpc) is 2.36. The van der Waals surface area contributed by atoms with Crippen LogP contribution in [0.2, 0.25) is 0 Å². The fourth-order valence-corrected chi connectivity index (χ4v) is 1.89. The van der Waals surface area contributed by atoms with Crippen molar-refractivity contribution in [1.82, 2.24) is 5.32 Å². The number of nitrogens with two attached hydrogens (primary N) is 1. The highest BCUT2D eigenvalue weighted by Crippen LogP contribution is 2.05. The molecule has 0 heterocycles. The van der Waals surface area contributed by atoms with E-state index in [4.69, 9.17) is 5.73 Å². The van der Waals surface area contributed by atoms with Crippen molar-refractivity contribution >= 4 is 5.91 Å². The Labute approximate surface area is 110 Å². The first-order valence-electron chi connectivity index (χ1n) is 6.74. The van der Waals surface area contributed by atoms with Gasteiger partial charge in [-0.15, -0.1) is 0 Å². The fraction of sp³-hybridized carbons (Fsp3) is 0.533. The van der Waals surface area contributed by atoms with Crippen molar-refractivity contribution in [1.29, 1.82) is 0 Å². The zero-order chi connectivity index (χ0) is 13.2. The molecule has 0 saturated carbocycles. The molecule has 0 unspecified atom stereocenters. The van der Waals surface area contributed by atoms with Crippen LogP contribution in [0.1, 0.15) is 43.2 Å². The van der Waals surface area contributed by atoms with Gasteiger partial charge in [0.25, 0.3) is 0 Å². The van der Waals surface area contributed by atoms with Crippen LogP contribution in [0.5, 0.6) is 0 Å². The van der Waals surface area contributed by atoms with Gasteiger partial charge in [0.2, 0.25) is 5.91 Å². The molecule has 1 aromatic rings. The van der Waals surface area contributed by atoms with Crippen LogP contribution in [0.15, 0.2) is 24.3 Å². The molecular formula is C15H24N2O. The summed E-state index contributed by atoms with van der Waals surface area (Å²) >= 11 is 0. The molecule has 1 amide bonds. The van der Waals surface area contributed by atoms with Gasteiger partial charge in [-0.1, -0.05) is 42.7 Å². The molecule has 0 radical (unpaired) electrons. The van der Waals surface area contributed by atoms with E-state index in [0.29, 0.717) is 13.0 Å².